The van der Waals surface area contributed by atoms with Crippen molar-refractivity contribution in [2.45, 2.75) is 20.8 Å². The summed E-state index contributed by atoms with van der Waals surface area (Å²) in [6.07, 6.45) is 0. The van der Waals surface area contributed by atoms with E-state index in [1.807, 2.05) is 25.1 Å². The molecule has 16 heavy (non-hydrogen) atoms. The fourth-order valence-electron chi connectivity index (χ4n) is 1.93. The van der Waals surface area contributed by atoms with E-state index < -0.39 is 0 Å². The Morgan fingerprint density at radius 2 is 1.38 bits per heavy atom. The number of hydrogen-bond acceptors (Lipinski definition) is 1. The Bertz CT molecular complexity index is 507. The molecule has 2 rings (SSSR count). The predicted molar refractivity (Wildman–Crippen MR) is 67.8 cm³/mol. The first-order valence-corrected chi connectivity index (χ1v) is 5.44. The summed E-state index contributed by atoms with van der Waals surface area (Å²) in [5, 5.41) is 9.70. The second-order valence-corrected chi connectivity index (χ2v) is 4.38. The van der Waals surface area contributed by atoms with Crippen molar-refractivity contribution in [2.75, 3.05) is 0 Å². The number of phenols is 1. The summed E-state index contributed by atoms with van der Waals surface area (Å²) in [4.78, 5) is 0. The summed E-state index contributed by atoms with van der Waals surface area (Å²) in [6.45, 7) is 6.08. The number of hydrogen-bond donors (Lipinski definition) is 1. The fourth-order valence-corrected chi connectivity index (χ4v) is 1.93. The average Bonchev–Trinajstić information content (AvgIpc) is 2.20. The molecule has 2 aromatic rings. The smallest absolute Gasteiger partial charge is 0.119 e. The molecule has 2 aromatic carbocycles. The third-order valence-corrected chi connectivity index (χ3v) is 2.76. The van der Waals surface area contributed by atoms with E-state index in [4.69, 9.17) is 0 Å². The molecule has 0 amide bonds. The van der Waals surface area contributed by atoms with Crippen LogP contribution in [0.2, 0.25) is 0 Å². The molecular formula is C15H16O. The molecule has 0 spiro atoms. The molecule has 0 aliphatic heterocycles. The van der Waals surface area contributed by atoms with Gasteiger partial charge in [-0.2, -0.15) is 0 Å². The van der Waals surface area contributed by atoms with Crippen molar-refractivity contribution >= 4 is 0 Å². The van der Waals surface area contributed by atoms with Crippen molar-refractivity contribution in [3.63, 3.8) is 0 Å². The lowest BCUT2D eigenvalue weighted by atomic mass is 9.99. The lowest BCUT2D eigenvalue weighted by Crippen LogP contribution is -1.83. The van der Waals surface area contributed by atoms with Crippen molar-refractivity contribution < 1.29 is 5.11 Å². The van der Waals surface area contributed by atoms with Crippen molar-refractivity contribution in [1.29, 1.82) is 0 Å². The van der Waals surface area contributed by atoms with Crippen LogP contribution in [0.25, 0.3) is 11.1 Å². The van der Waals surface area contributed by atoms with Crippen LogP contribution in [-0.2, 0) is 0 Å². The molecule has 1 N–H and O–H groups in total. The SMILES string of the molecule is Cc1cc(C)cc(-c2ccc(C)c(O)c2)c1. The Hall–Kier alpha value is -1.76. The largest absolute Gasteiger partial charge is 0.508 e. The number of rotatable bonds is 1. The Kier molecular flexibility index (Phi) is 2.69. The van der Waals surface area contributed by atoms with Crippen LogP contribution < -0.4 is 0 Å². The first-order chi connectivity index (χ1) is 7.56. The molecule has 0 aliphatic rings. The van der Waals surface area contributed by atoms with Gasteiger partial charge in [-0.25, -0.2) is 0 Å². The lowest BCUT2D eigenvalue weighted by Gasteiger charge is -2.07. The van der Waals surface area contributed by atoms with Crippen LogP contribution in [0.3, 0.4) is 0 Å². The van der Waals surface area contributed by atoms with Gasteiger partial charge < -0.3 is 5.11 Å². The van der Waals surface area contributed by atoms with Crippen molar-refractivity contribution in [2.24, 2.45) is 0 Å². The Balaban J connectivity index is 2.54. The summed E-state index contributed by atoms with van der Waals surface area (Å²) in [7, 11) is 0. The highest BCUT2D eigenvalue weighted by Crippen LogP contribution is 2.27. The summed E-state index contributed by atoms with van der Waals surface area (Å²) >= 11 is 0. The Morgan fingerprint density at radius 1 is 0.750 bits per heavy atom. The molecule has 0 fully saturated rings. The second kappa shape index (κ2) is 4.01. The normalized spacial score (nSPS) is 10.4. The van der Waals surface area contributed by atoms with Crippen LogP contribution in [-0.4, -0.2) is 5.11 Å². The van der Waals surface area contributed by atoms with Gasteiger partial charge in [0.2, 0.25) is 0 Å². The minimum atomic E-state index is 0.358. The van der Waals surface area contributed by atoms with E-state index in [0.717, 1.165) is 16.7 Å². The van der Waals surface area contributed by atoms with Gasteiger partial charge >= 0.3 is 0 Å². The zero-order valence-corrected chi connectivity index (χ0v) is 9.91. The Labute approximate surface area is 96.4 Å². The van der Waals surface area contributed by atoms with Gasteiger partial charge in [-0.3, -0.25) is 0 Å². The minimum Gasteiger partial charge on any atom is -0.508 e. The monoisotopic (exact) mass is 212 g/mol. The van der Waals surface area contributed by atoms with E-state index >= 15 is 0 Å². The van der Waals surface area contributed by atoms with E-state index in [-0.39, 0.29) is 0 Å². The van der Waals surface area contributed by atoms with Crippen LogP contribution in [0, 0.1) is 20.8 Å². The van der Waals surface area contributed by atoms with Gasteiger partial charge in [-0.1, -0.05) is 41.5 Å². The van der Waals surface area contributed by atoms with E-state index in [1.165, 1.54) is 11.1 Å². The molecule has 0 saturated heterocycles. The van der Waals surface area contributed by atoms with Gasteiger partial charge in [0.25, 0.3) is 0 Å². The molecule has 1 nitrogen and oxygen atoms in total. The predicted octanol–water partition coefficient (Wildman–Crippen LogP) is 3.98. The fraction of sp³-hybridized carbons (Fsp3) is 0.200. The summed E-state index contributed by atoms with van der Waals surface area (Å²) < 4.78 is 0. The number of phenolic OH excluding ortho intramolecular Hbond substituents is 1. The van der Waals surface area contributed by atoms with E-state index in [2.05, 4.69) is 32.0 Å². The molecule has 0 radical (unpaired) electrons. The van der Waals surface area contributed by atoms with Crippen molar-refractivity contribution in [3.05, 3.63) is 53.1 Å². The Morgan fingerprint density at radius 3 is 1.94 bits per heavy atom. The first kappa shape index (κ1) is 10.7. The molecule has 0 unspecified atom stereocenters. The van der Waals surface area contributed by atoms with E-state index in [9.17, 15) is 5.11 Å². The van der Waals surface area contributed by atoms with Crippen LogP contribution in [0.15, 0.2) is 36.4 Å². The van der Waals surface area contributed by atoms with Crippen LogP contribution in [0.1, 0.15) is 16.7 Å². The first-order valence-electron chi connectivity index (χ1n) is 5.44. The summed E-state index contributed by atoms with van der Waals surface area (Å²) in [5.74, 6) is 0.358. The highest BCUT2D eigenvalue weighted by molar-refractivity contribution is 5.67. The zero-order chi connectivity index (χ0) is 11.7. The highest BCUT2D eigenvalue weighted by Gasteiger charge is 2.02. The third kappa shape index (κ3) is 2.08. The average molecular weight is 212 g/mol. The van der Waals surface area contributed by atoms with Crippen LogP contribution >= 0.6 is 0 Å². The molecule has 82 valence electrons. The van der Waals surface area contributed by atoms with Crippen LogP contribution in [0.4, 0.5) is 0 Å². The molecule has 0 aliphatic carbocycles. The maximum absolute atomic E-state index is 9.70. The lowest BCUT2D eigenvalue weighted by molar-refractivity contribution is 0.471. The standard InChI is InChI=1S/C15H16O/c1-10-6-11(2)8-14(7-10)13-5-4-12(3)15(16)9-13/h4-9,16H,1-3H3. The van der Waals surface area contributed by atoms with Gasteiger partial charge in [0, 0.05) is 0 Å². The maximum atomic E-state index is 9.70. The molecular weight excluding hydrogens is 196 g/mol. The van der Waals surface area contributed by atoms with Gasteiger partial charge in [0.1, 0.15) is 5.75 Å². The maximum Gasteiger partial charge on any atom is 0.119 e. The summed E-state index contributed by atoms with van der Waals surface area (Å²) in [6, 6.07) is 12.2. The number of benzene rings is 2. The molecule has 1 heteroatoms. The van der Waals surface area contributed by atoms with Gasteiger partial charge in [0.05, 0.1) is 0 Å². The molecule has 0 saturated carbocycles. The molecule has 0 aromatic heterocycles. The van der Waals surface area contributed by atoms with Gasteiger partial charge in [-0.05, 0) is 43.5 Å². The summed E-state index contributed by atoms with van der Waals surface area (Å²) in [5.41, 5.74) is 5.63. The number of aryl methyl sites for hydroxylation is 3. The number of aromatic hydroxyl groups is 1. The molecule has 0 bridgehead atoms. The van der Waals surface area contributed by atoms with E-state index in [1.54, 1.807) is 0 Å². The van der Waals surface area contributed by atoms with Gasteiger partial charge in [0.15, 0.2) is 0 Å². The highest BCUT2D eigenvalue weighted by atomic mass is 16.3. The second-order valence-electron chi connectivity index (χ2n) is 4.38. The van der Waals surface area contributed by atoms with Crippen LogP contribution in [0.5, 0.6) is 5.75 Å². The van der Waals surface area contributed by atoms with Gasteiger partial charge in [-0.15, -0.1) is 0 Å². The molecule has 0 heterocycles. The van der Waals surface area contributed by atoms with E-state index in [0.29, 0.717) is 5.75 Å². The van der Waals surface area contributed by atoms with Crippen molar-refractivity contribution in [3.8, 4) is 16.9 Å². The molecule has 0 atom stereocenters. The third-order valence-electron chi connectivity index (χ3n) is 2.76. The topological polar surface area (TPSA) is 20.2 Å². The van der Waals surface area contributed by atoms with Crippen molar-refractivity contribution in [1.82, 2.24) is 0 Å². The minimum absolute atomic E-state index is 0.358. The zero-order valence-electron chi connectivity index (χ0n) is 9.91. The quantitative estimate of drug-likeness (QED) is 0.758.